The second-order valence-corrected chi connectivity index (χ2v) is 8.39. The van der Waals surface area contributed by atoms with Crippen molar-refractivity contribution in [2.24, 2.45) is 0 Å². The zero-order valence-electron chi connectivity index (χ0n) is 17.3. The van der Waals surface area contributed by atoms with E-state index < -0.39 is 10.0 Å². The average molecular weight is 441 g/mol. The van der Waals surface area contributed by atoms with Crippen molar-refractivity contribution >= 4 is 21.6 Å². The topological polar surface area (TPSA) is 93.7 Å². The first kappa shape index (κ1) is 22.2. The Bertz CT molecular complexity index is 1150. The zero-order chi connectivity index (χ0) is 22.3. The summed E-state index contributed by atoms with van der Waals surface area (Å²) < 4.78 is 38.9. The number of para-hydroxylation sites is 1. The number of benzene rings is 3. The monoisotopic (exact) mass is 440 g/mol. The smallest absolute Gasteiger partial charge is 0.262 e. The van der Waals surface area contributed by atoms with E-state index in [0.717, 1.165) is 0 Å². The Morgan fingerprint density at radius 2 is 1.68 bits per heavy atom. The summed E-state index contributed by atoms with van der Waals surface area (Å²) in [7, 11) is -2.26. The molecule has 0 spiro atoms. The van der Waals surface area contributed by atoms with Crippen LogP contribution in [0.2, 0.25) is 0 Å². The molecule has 0 heterocycles. The molecule has 0 radical (unpaired) electrons. The highest BCUT2D eigenvalue weighted by molar-refractivity contribution is 7.92. The Hall–Kier alpha value is -3.52. The Morgan fingerprint density at radius 1 is 0.935 bits per heavy atom. The van der Waals surface area contributed by atoms with E-state index in [1.807, 2.05) is 12.1 Å². The van der Waals surface area contributed by atoms with Gasteiger partial charge in [0.05, 0.1) is 18.6 Å². The molecule has 0 saturated carbocycles. The summed E-state index contributed by atoms with van der Waals surface area (Å²) in [5.74, 6) is 0.925. The molecule has 0 unspecified atom stereocenters. The zero-order valence-corrected chi connectivity index (χ0v) is 18.1. The largest absolute Gasteiger partial charge is 0.497 e. The Kier molecular flexibility index (Phi) is 7.15. The Balaban J connectivity index is 1.62. The van der Waals surface area contributed by atoms with Gasteiger partial charge in [-0.05, 0) is 48.9 Å². The van der Waals surface area contributed by atoms with E-state index in [1.54, 1.807) is 68.6 Å². The van der Waals surface area contributed by atoms with Crippen LogP contribution in [0, 0.1) is 6.92 Å². The third-order valence-electron chi connectivity index (χ3n) is 4.46. The van der Waals surface area contributed by atoms with Crippen LogP contribution in [-0.4, -0.2) is 34.6 Å². The third-order valence-corrected chi connectivity index (χ3v) is 5.99. The summed E-state index contributed by atoms with van der Waals surface area (Å²) in [4.78, 5) is 12.6. The van der Waals surface area contributed by atoms with Gasteiger partial charge in [0.1, 0.15) is 18.1 Å². The van der Waals surface area contributed by atoms with Gasteiger partial charge in [0.25, 0.3) is 15.9 Å². The van der Waals surface area contributed by atoms with Gasteiger partial charge in [-0.25, -0.2) is 8.42 Å². The van der Waals surface area contributed by atoms with Crippen LogP contribution >= 0.6 is 0 Å². The first-order valence-electron chi connectivity index (χ1n) is 9.62. The second kappa shape index (κ2) is 9.99. The second-order valence-electron chi connectivity index (χ2n) is 6.74. The Morgan fingerprint density at radius 3 is 2.42 bits per heavy atom. The molecular weight excluding hydrogens is 416 g/mol. The first-order valence-corrected chi connectivity index (χ1v) is 11.1. The van der Waals surface area contributed by atoms with Gasteiger partial charge in [-0.2, -0.15) is 0 Å². The van der Waals surface area contributed by atoms with Crippen molar-refractivity contribution in [3.8, 4) is 11.5 Å². The van der Waals surface area contributed by atoms with Gasteiger partial charge in [-0.3, -0.25) is 9.52 Å². The molecule has 2 N–H and O–H groups in total. The molecule has 31 heavy (non-hydrogen) atoms. The summed E-state index contributed by atoms with van der Waals surface area (Å²) in [6, 6.07) is 20.3. The number of aryl methyl sites for hydroxylation is 1. The minimum absolute atomic E-state index is 0.0524. The third kappa shape index (κ3) is 5.99. The maximum Gasteiger partial charge on any atom is 0.262 e. The minimum Gasteiger partial charge on any atom is -0.497 e. The van der Waals surface area contributed by atoms with E-state index in [-0.39, 0.29) is 29.5 Å². The van der Waals surface area contributed by atoms with Crippen molar-refractivity contribution in [1.29, 1.82) is 0 Å². The number of methoxy groups -OCH3 is 1. The van der Waals surface area contributed by atoms with Gasteiger partial charge in [-0.1, -0.05) is 30.3 Å². The fourth-order valence-electron chi connectivity index (χ4n) is 2.87. The van der Waals surface area contributed by atoms with Gasteiger partial charge in [-0.15, -0.1) is 0 Å². The first-order chi connectivity index (χ1) is 14.9. The standard InChI is InChI=1S/C23H24N2O5S/c1-17-11-12-18(15-22(17)31(27,28)25-19-7-4-3-5-8-19)23(26)24-13-14-30-21-10-6-9-20(16-21)29-2/h3-12,15-16,25H,13-14H2,1-2H3,(H,24,26). The van der Waals surface area contributed by atoms with Crippen molar-refractivity contribution in [1.82, 2.24) is 5.32 Å². The van der Waals surface area contributed by atoms with Crippen LogP contribution in [0.15, 0.2) is 77.7 Å². The number of ether oxygens (including phenoxy) is 2. The van der Waals surface area contributed by atoms with Crippen LogP contribution in [-0.2, 0) is 10.0 Å². The number of sulfonamides is 1. The molecular formula is C23H24N2O5S. The quantitative estimate of drug-likeness (QED) is 0.496. The van der Waals surface area contributed by atoms with Crippen LogP contribution in [0.3, 0.4) is 0 Å². The maximum absolute atomic E-state index is 12.8. The van der Waals surface area contributed by atoms with Crippen LogP contribution in [0.4, 0.5) is 5.69 Å². The van der Waals surface area contributed by atoms with Crippen molar-refractivity contribution in [2.45, 2.75) is 11.8 Å². The predicted molar refractivity (Wildman–Crippen MR) is 119 cm³/mol. The van der Waals surface area contributed by atoms with Crippen LogP contribution in [0.5, 0.6) is 11.5 Å². The fraction of sp³-hybridized carbons (Fsp3) is 0.174. The minimum atomic E-state index is -3.83. The van der Waals surface area contributed by atoms with Gasteiger partial charge in [0.15, 0.2) is 0 Å². The number of nitrogens with one attached hydrogen (secondary N) is 2. The number of hydrogen-bond donors (Lipinski definition) is 2. The van der Waals surface area contributed by atoms with Crippen molar-refractivity contribution < 1.29 is 22.7 Å². The van der Waals surface area contributed by atoms with E-state index in [0.29, 0.717) is 22.7 Å². The normalized spacial score (nSPS) is 10.9. The molecule has 0 bridgehead atoms. The van der Waals surface area contributed by atoms with E-state index in [9.17, 15) is 13.2 Å². The van der Waals surface area contributed by atoms with Gasteiger partial charge < -0.3 is 14.8 Å². The number of rotatable bonds is 9. The van der Waals surface area contributed by atoms with Crippen molar-refractivity contribution in [2.75, 3.05) is 25.0 Å². The summed E-state index contributed by atoms with van der Waals surface area (Å²) in [6.45, 7) is 2.20. The average Bonchev–Trinajstić information content (AvgIpc) is 2.77. The summed E-state index contributed by atoms with van der Waals surface area (Å²) in [5, 5.41) is 2.74. The van der Waals surface area contributed by atoms with E-state index >= 15 is 0 Å². The van der Waals surface area contributed by atoms with Gasteiger partial charge in [0.2, 0.25) is 0 Å². The highest BCUT2D eigenvalue weighted by atomic mass is 32.2. The molecule has 0 aliphatic rings. The number of carbonyl (C=O) groups is 1. The van der Waals surface area contributed by atoms with Crippen LogP contribution in [0.1, 0.15) is 15.9 Å². The lowest BCUT2D eigenvalue weighted by molar-refractivity contribution is 0.0946. The van der Waals surface area contributed by atoms with E-state index in [1.165, 1.54) is 6.07 Å². The molecule has 0 aromatic heterocycles. The molecule has 1 amide bonds. The molecule has 0 aliphatic carbocycles. The number of anilines is 1. The summed E-state index contributed by atoms with van der Waals surface area (Å²) in [6.07, 6.45) is 0. The fourth-order valence-corrected chi connectivity index (χ4v) is 4.20. The summed E-state index contributed by atoms with van der Waals surface area (Å²) >= 11 is 0. The maximum atomic E-state index is 12.8. The predicted octanol–water partition coefficient (Wildman–Crippen LogP) is 3.61. The lowest BCUT2D eigenvalue weighted by atomic mass is 10.1. The lowest BCUT2D eigenvalue weighted by Gasteiger charge is -2.12. The van der Waals surface area contributed by atoms with Crippen molar-refractivity contribution in [3.05, 3.63) is 83.9 Å². The molecule has 0 aliphatic heterocycles. The SMILES string of the molecule is COc1cccc(OCCNC(=O)c2ccc(C)c(S(=O)(=O)Nc3ccccc3)c2)c1. The van der Waals surface area contributed by atoms with E-state index in [4.69, 9.17) is 9.47 Å². The lowest BCUT2D eigenvalue weighted by Crippen LogP contribution is -2.28. The van der Waals surface area contributed by atoms with Gasteiger partial charge >= 0.3 is 0 Å². The molecule has 8 heteroatoms. The molecule has 3 aromatic rings. The highest BCUT2D eigenvalue weighted by Gasteiger charge is 2.19. The number of hydrogen-bond acceptors (Lipinski definition) is 5. The number of carbonyl (C=O) groups excluding carboxylic acids is 1. The molecule has 0 atom stereocenters. The van der Waals surface area contributed by atoms with Gasteiger partial charge in [0, 0.05) is 17.3 Å². The highest BCUT2D eigenvalue weighted by Crippen LogP contribution is 2.21. The molecule has 0 saturated heterocycles. The molecule has 3 rings (SSSR count). The van der Waals surface area contributed by atoms with Crippen LogP contribution < -0.4 is 19.5 Å². The van der Waals surface area contributed by atoms with Crippen LogP contribution in [0.25, 0.3) is 0 Å². The van der Waals surface area contributed by atoms with Crippen molar-refractivity contribution in [3.63, 3.8) is 0 Å². The molecule has 7 nitrogen and oxygen atoms in total. The molecule has 3 aromatic carbocycles. The number of amides is 1. The molecule has 0 fully saturated rings. The summed E-state index contributed by atoms with van der Waals surface area (Å²) in [5.41, 5.74) is 1.24. The Labute approximate surface area is 182 Å². The van der Waals surface area contributed by atoms with E-state index in [2.05, 4.69) is 10.0 Å². The molecule has 162 valence electrons.